The van der Waals surface area contributed by atoms with Crippen LogP contribution in [0.15, 0.2) is 54.7 Å². The van der Waals surface area contributed by atoms with E-state index >= 15 is 0 Å². The van der Waals surface area contributed by atoms with Crippen molar-refractivity contribution in [3.05, 3.63) is 88.7 Å². The molecule has 4 nitrogen and oxygen atoms in total. The molecule has 3 aromatic rings. The number of hydrogen-bond acceptors (Lipinski definition) is 5. The molecule has 42 heavy (non-hydrogen) atoms. The second kappa shape index (κ2) is 15.3. The normalized spacial score (nSPS) is 13.1. The number of β-amino-alcohol motifs (C(OH)–C–C–N with tert-alkyl or cyclic N) is 1. The molecular formula is C32H40F5N3OS. The lowest BCUT2D eigenvalue weighted by atomic mass is 9.95. The summed E-state index contributed by atoms with van der Waals surface area (Å²) in [5.74, 6) is -0.792. The zero-order valence-corrected chi connectivity index (χ0v) is 25.4. The van der Waals surface area contributed by atoms with Gasteiger partial charge >= 0.3 is 6.18 Å². The van der Waals surface area contributed by atoms with Crippen LogP contribution in [0.25, 0.3) is 11.1 Å². The number of rotatable bonds is 15. The van der Waals surface area contributed by atoms with E-state index in [1.165, 1.54) is 30.1 Å². The first-order valence-electron chi connectivity index (χ1n) is 14.1. The molecule has 0 aliphatic carbocycles. The first-order valence-corrected chi connectivity index (χ1v) is 15.1. The highest BCUT2D eigenvalue weighted by Crippen LogP contribution is 2.34. The number of nitrogens with zero attached hydrogens (tertiary/aromatic N) is 2. The maximum absolute atomic E-state index is 13.9. The fourth-order valence-corrected chi connectivity index (χ4v) is 5.48. The number of halogens is 5. The van der Waals surface area contributed by atoms with Gasteiger partial charge in [0.1, 0.15) is 11.6 Å². The molecule has 1 atom stereocenters. The third kappa shape index (κ3) is 10.6. The van der Waals surface area contributed by atoms with Crippen molar-refractivity contribution in [2.75, 3.05) is 20.1 Å². The molecule has 0 spiro atoms. The highest BCUT2D eigenvalue weighted by atomic mass is 32.2. The Balaban J connectivity index is 1.52. The van der Waals surface area contributed by atoms with Gasteiger partial charge in [0.15, 0.2) is 0 Å². The number of alkyl halides is 3. The number of aryl methyl sites for hydroxylation is 1. The van der Waals surface area contributed by atoms with Crippen molar-refractivity contribution in [1.82, 2.24) is 14.6 Å². The van der Waals surface area contributed by atoms with Gasteiger partial charge in [-0.2, -0.15) is 13.2 Å². The summed E-state index contributed by atoms with van der Waals surface area (Å²) in [5.41, 5.74) is 1.52. The molecular weight excluding hydrogens is 569 g/mol. The molecule has 3 rings (SSSR count). The maximum atomic E-state index is 13.9. The van der Waals surface area contributed by atoms with Crippen LogP contribution in [0.4, 0.5) is 22.0 Å². The van der Waals surface area contributed by atoms with Gasteiger partial charge in [0, 0.05) is 47.4 Å². The van der Waals surface area contributed by atoms with Gasteiger partial charge in [-0.25, -0.2) is 8.78 Å². The summed E-state index contributed by atoms with van der Waals surface area (Å²) in [7, 11) is 1.78. The fraction of sp³-hybridized carbons (Fsp3) is 0.469. The lowest BCUT2D eigenvalue weighted by Gasteiger charge is -2.29. The van der Waals surface area contributed by atoms with Crippen molar-refractivity contribution in [2.45, 2.75) is 76.4 Å². The van der Waals surface area contributed by atoms with Crippen LogP contribution >= 0.6 is 11.9 Å². The van der Waals surface area contributed by atoms with Crippen LogP contribution in [0.2, 0.25) is 0 Å². The molecule has 0 fully saturated rings. The predicted molar refractivity (Wildman–Crippen MR) is 160 cm³/mol. The molecule has 0 amide bonds. The summed E-state index contributed by atoms with van der Waals surface area (Å²) in [6.07, 6.45) is -0.339. The average Bonchev–Trinajstić information content (AvgIpc) is 2.92. The summed E-state index contributed by atoms with van der Waals surface area (Å²) in [5, 5.41) is 13.9. The molecule has 0 bridgehead atoms. The first-order chi connectivity index (χ1) is 19.8. The van der Waals surface area contributed by atoms with E-state index in [-0.39, 0.29) is 17.5 Å². The molecule has 0 saturated heterocycles. The Labute approximate surface area is 249 Å². The van der Waals surface area contributed by atoms with Crippen molar-refractivity contribution >= 4 is 11.9 Å². The summed E-state index contributed by atoms with van der Waals surface area (Å²) in [6.45, 7) is 6.56. The Hall–Kier alpha value is -2.53. The lowest BCUT2D eigenvalue weighted by Crippen LogP contribution is -2.45. The van der Waals surface area contributed by atoms with E-state index in [9.17, 15) is 27.1 Å². The molecule has 0 radical (unpaired) electrons. The summed E-state index contributed by atoms with van der Waals surface area (Å²) in [4.78, 5) is 4.39. The van der Waals surface area contributed by atoms with E-state index in [0.29, 0.717) is 48.4 Å². The number of nitrogens with one attached hydrogen (secondary N) is 1. The number of benzene rings is 2. The van der Waals surface area contributed by atoms with Crippen LogP contribution in [-0.4, -0.2) is 46.2 Å². The number of hydrogen-bond donors (Lipinski definition) is 2. The number of likely N-dealkylation sites (N-methyl/N-ethyl adjacent to an activating group) is 1. The Morgan fingerprint density at radius 3 is 2.33 bits per heavy atom. The number of aromatic nitrogens is 1. The van der Waals surface area contributed by atoms with Gasteiger partial charge in [0.05, 0.1) is 11.7 Å². The smallest absolute Gasteiger partial charge is 0.390 e. The second-order valence-electron chi connectivity index (χ2n) is 11.3. The Morgan fingerprint density at radius 2 is 1.71 bits per heavy atom. The minimum absolute atomic E-state index is 0.0847. The Kier molecular flexibility index (Phi) is 12.4. The number of aliphatic hydroxyl groups excluding tert-OH is 1. The number of aliphatic hydroxyl groups is 1. The summed E-state index contributed by atoms with van der Waals surface area (Å²) >= 11 is 1.33. The molecule has 1 aromatic heterocycles. The largest absolute Gasteiger partial charge is 0.416 e. The molecule has 0 unspecified atom stereocenters. The van der Waals surface area contributed by atoms with Crippen molar-refractivity contribution in [2.24, 2.45) is 0 Å². The highest BCUT2D eigenvalue weighted by Gasteiger charge is 2.31. The zero-order chi connectivity index (χ0) is 30.9. The van der Waals surface area contributed by atoms with Gasteiger partial charge in [-0.1, -0.05) is 43.5 Å². The summed E-state index contributed by atoms with van der Waals surface area (Å²) in [6, 6.07) is 11.6. The first kappa shape index (κ1) is 34.0. The van der Waals surface area contributed by atoms with Crippen LogP contribution in [-0.2, 0) is 24.8 Å². The van der Waals surface area contributed by atoms with E-state index in [0.717, 1.165) is 30.7 Å². The number of pyridine rings is 1. The van der Waals surface area contributed by atoms with Gasteiger partial charge in [-0.15, -0.1) is 0 Å². The highest BCUT2D eigenvalue weighted by molar-refractivity contribution is 7.96. The van der Waals surface area contributed by atoms with E-state index in [4.69, 9.17) is 0 Å². The Morgan fingerprint density at radius 1 is 1.00 bits per heavy atom. The summed E-state index contributed by atoms with van der Waals surface area (Å²) < 4.78 is 70.6. The average molecular weight is 610 g/mol. The van der Waals surface area contributed by atoms with Crippen LogP contribution in [0.5, 0.6) is 0 Å². The quantitative estimate of drug-likeness (QED) is 0.136. The Bertz CT molecular complexity index is 1260. The monoisotopic (exact) mass is 609 g/mol. The standard InChI is InChI=1S/C32H40F5N3OS/c1-5-8-26-13-12-23(18-38-26)24-15-22(16-25(17-24)32(35,36)37)21-42-40(4)20-27(41)19-39-31(2,3)14-7-9-28-29(33)10-6-11-30(28)34/h6,10-13,15-18,27,39,41H,5,7-9,14,19-21H2,1-4H3/t27-/m1/s1. The van der Waals surface area contributed by atoms with Crippen molar-refractivity contribution in [1.29, 1.82) is 0 Å². The van der Waals surface area contributed by atoms with E-state index in [1.54, 1.807) is 29.7 Å². The molecule has 2 N–H and O–H groups in total. The lowest BCUT2D eigenvalue weighted by molar-refractivity contribution is -0.137. The molecule has 0 aliphatic rings. The van der Waals surface area contributed by atoms with Crippen LogP contribution < -0.4 is 5.32 Å². The van der Waals surface area contributed by atoms with Crippen molar-refractivity contribution in [3.63, 3.8) is 0 Å². The topological polar surface area (TPSA) is 48.4 Å². The van der Waals surface area contributed by atoms with Crippen LogP contribution in [0, 0.1) is 11.6 Å². The molecule has 230 valence electrons. The van der Waals surface area contributed by atoms with Gasteiger partial charge < -0.3 is 10.4 Å². The van der Waals surface area contributed by atoms with Gasteiger partial charge in [-0.05, 0) is 88.0 Å². The minimum Gasteiger partial charge on any atom is -0.390 e. The molecule has 10 heteroatoms. The van der Waals surface area contributed by atoms with Gasteiger partial charge in [-0.3, -0.25) is 9.29 Å². The van der Waals surface area contributed by atoms with Crippen molar-refractivity contribution < 1.29 is 27.1 Å². The molecule has 0 aliphatic heterocycles. The molecule has 2 aromatic carbocycles. The van der Waals surface area contributed by atoms with Gasteiger partial charge in [0.25, 0.3) is 0 Å². The van der Waals surface area contributed by atoms with Crippen LogP contribution in [0.1, 0.15) is 62.4 Å². The molecule has 0 saturated carbocycles. The molecule has 1 heterocycles. The van der Waals surface area contributed by atoms with Crippen molar-refractivity contribution in [3.8, 4) is 11.1 Å². The maximum Gasteiger partial charge on any atom is 0.416 e. The van der Waals surface area contributed by atoms with E-state index < -0.39 is 29.5 Å². The van der Waals surface area contributed by atoms with E-state index in [1.807, 2.05) is 26.8 Å². The fourth-order valence-electron chi connectivity index (χ4n) is 4.66. The SMILES string of the molecule is CCCc1ccc(-c2cc(CSN(C)C[C@H](O)CNC(C)(C)CCCc3c(F)cccc3F)cc(C(F)(F)F)c2)cn1. The van der Waals surface area contributed by atoms with E-state index in [2.05, 4.69) is 10.3 Å². The third-order valence-electron chi connectivity index (χ3n) is 7.01. The third-order valence-corrected chi connectivity index (χ3v) is 8.06. The van der Waals surface area contributed by atoms with Gasteiger partial charge in [0.2, 0.25) is 0 Å². The second-order valence-corrected chi connectivity index (χ2v) is 12.4. The van der Waals surface area contributed by atoms with Crippen LogP contribution in [0.3, 0.4) is 0 Å². The minimum atomic E-state index is -4.48. The zero-order valence-electron chi connectivity index (χ0n) is 24.6. The predicted octanol–water partition coefficient (Wildman–Crippen LogP) is 7.83.